The SMILES string of the molecule is CC1(NS(=O)(=O)c2ccc(Br)cc2Br)CCCC1. The molecule has 0 radical (unpaired) electrons. The van der Waals surface area contributed by atoms with E-state index in [9.17, 15) is 8.42 Å². The summed E-state index contributed by atoms with van der Waals surface area (Å²) in [7, 11) is -3.47. The van der Waals surface area contributed by atoms with Crippen molar-refractivity contribution >= 4 is 41.9 Å². The summed E-state index contributed by atoms with van der Waals surface area (Å²) in [5.74, 6) is 0. The van der Waals surface area contributed by atoms with Gasteiger partial charge in [0, 0.05) is 14.5 Å². The van der Waals surface area contributed by atoms with Crippen molar-refractivity contribution in [3.05, 3.63) is 27.1 Å². The fourth-order valence-corrected chi connectivity index (χ4v) is 5.54. The van der Waals surface area contributed by atoms with Crippen LogP contribution >= 0.6 is 31.9 Å². The van der Waals surface area contributed by atoms with Crippen molar-refractivity contribution in [2.24, 2.45) is 0 Å². The number of hydrogen-bond donors (Lipinski definition) is 1. The molecule has 0 aromatic heterocycles. The van der Waals surface area contributed by atoms with Gasteiger partial charge in [-0.2, -0.15) is 0 Å². The van der Waals surface area contributed by atoms with Crippen LogP contribution in [0.2, 0.25) is 0 Å². The molecule has 1 aromatic rings. The summed E-state index contributed by atoms with van der Waals surface area (Å²) in [6.45, 7) is 1.98. The molecule has 2 rings (SSSR count). The van der Waals surface area contributed by atoms with Crippen molar-refractivity contribution < 1.29 is 8.42 Å². The molecule has 0 saturated heterocycles. The molecule has 1 aliphatic carbocycles. The van der Waals surface area contributed by atoms with Crippen molar-refractivity contribution in [2.75, 3.05) is 0 Å². The largest absolute Gasteiger partial charge is 0.242 e. The average Bonchev–Trinajstić information content (AvgIpc) is 2.62. The molecule has 1 fully saturated rings. The van der Waals surface area contributed by atoms with Gasteiger partial charge in [-0.25, -0.2) is 13.1 Å². The Kier molecular flexibility index (Phi) is 4.21. The lowest BCUT2D eigenvalue weighted by Gasteiger charge is -2.25. The summed E-state index contributed by atoms with van der Waals surface area (Å²) >= 11 is 6.62. The van der Waals surface area contributed by atoms with Gasteiger partial charge < -0.3 is 0 Å². The Balaban J connectivity index is 2.30. The molecular weight excluding hydrogens is 382 g/mol. The van der Waals surface area contributed by atoms with Gasteiger partial charge in [-0.1, -0.05) is 28.8 Å². The lowest BCUT2D eigenvalue weighted by atomic mass is 10.0. The molecule has 0 amide bonds. The standard InChI is InChI=1S/C12H15Br2NO2S/c1-12(6-2-3-7-12)15-18(16,17)11-5-4-9(13)8-10(11)14/h4-5,8,15H,2-3,6-7H2,1H3. The van der Waals surface area contributed by atoms with E-state index >= 15 is 0 Å². The molecule has 6 heteroatoms. The summed E-state index contributed by atoms with van der Waals surface area (Å²) in [4.78, 5) is 0.291. The van der Waals surface area contributed by atoms with Gasteiger partial charge in [0.15, 0.2) is 0 Å². The fourth-order valence-electron chi connectivity index (χ4n) is 2.33. The Morgan fingerprint density at radius 1 is 1.22 bits per heavy atom. The molecule has 0 bridgehead atoms. The lowest BCUT2D eigenvalue weighted by Crippen LogP contribution is -2.43. The highest BCUT2D eigenvalue weighted by molar-refractivity contribution is 9.11. The first-order valence-electron chi connectivity index (χ1n) is 5.81. The van der Waals surface area contributed by atoms with E-state index in [1.54, 1.807) is 18.2 Å². The summed E-state index contributed by atoms with van der Waals surface area (Å²) in [5, 5.41) is 0. The number of benzene rings is 1. The summed E-state index contributed by atoms with van der Waals surface area (Å²) in [5.41, 5.74) is -0.300. The first kappa shape index (κ1) is 14.5. The molecule has 1 aliphatic rings. The van der Waals surface area contributed by atoms with Crippen LogP contribution in [0.3, 0.4) is 0 Å². The molecule has 0 spiro atoms. The minimum absolute atomic E-state index is 0.291. The Labute approximate surface area is 125 Å². The van der Waals surface area contributed by atoms with E-state index in [0.717, 1.165) is 30.2 Å². The van der Waals surface area contributed by atoms with Crippen molar-refractivity contribution in [3.8, 4) is 0 Å². The molecule has 0 aliphatic heterocycles. The first-order valence-corrected chi connectivity index (χ1v) is 8.88. The van der Waals surface area contributed by atoms with E-state index < -0.39 is 10.0 Å². The lowest BCUT2D eigenvalue weighted by molar-refractivity contribution is 0.427. The second-order valence-corrected chi connectivity index (χ2v) is 8.37. The van der Waals surface area contributed by atoms with E-state index in [4.69, 9.17) is 0 Å². The number of sulfonamides is 1. The highest BCUT2D eigenvalue weighted by atomic mass is 79.9. The van der Waals surface area contributed by atoms with Gasteiger partial charge >= 0.3 is 0 Å². The maximum atomic E-state index is 12.4. The number of nitrogens with one attached hydrogen (secondary N) is 1. The Morgan fingerprint density at radius 2 is 1.83 bits per heavy atom. The van der Waals surface area contributed by atoms with Crippen molar-refractivity contribution in [1.29, 1.82) is 0 Å². The zero-order valence-electron chi connectivity index (χ0n) is 10.0. The molecular formula is C12H15Br2NO2S. The van der Waals surface area contributed by atoms with E-state index in [-0.39, 0.29) is 5.54 Å². The number of hydrogen-bond acceptors (Lipinski definition) is 2. The second-order valence-electron chi connectivity index (χ2n) is 4.95. The third-order valence-electron chi connectivity index (χ3n) is 3.27. The molecule has 1 saturated carbocycles. The molecule has 0 unspecified atom stereocenters. The van der Waals surface area contributed by atoms with Crippen LogP contribution in [0.4, 0.5) is 0 Å². The topological polar surface area (TPSA) is 46.2 Å². The van der Waals surface area contributed by atoms with Gasteiger partial charge in [0.25, 0.3) is 0 Å². The van der Waals surface area contributed by atoms with E-state index in [1.165, 1.54) is 0 Å². The molecule has 1 aromatic carbocycles. The average molecular weight is 397 g/mol. The van der Waals surface area contributed by atoms with E-state index in [2.05, 4.69) is 36.6 Å². The zero-order valence-corrected chi connectivity index (χ0v) is 14.0. The maximum absolute atomic E-state index is 12.4. The van der Waals surface area contributed by atoms with Gasteiger partial charge in [-0.05, 0) is 53.9 Å². The van der Waals surface area contributed by atoms with Crippen LogP contribution in [0.5, 0.6) is 0 Å². The minimum Gasteiger partial charge on any atom is -0.207 e. The Bertz CT molecular complexity index is 551. The number of halogens is 2. The number of rotatable bonds is 3. The summed E-state index contributed by atoms with van der Waals surface area (Å²) in [6, 6.07) is 5.08. The first-order chi connectivity index (χ1) is 8.32. The van der Waals surface area contributed by atoms with Gasteiger partial charge in [-0.3, -0.25) is 0 Å². The van der Waals surface area contributed by atoms with E-state index in [1.807, 2.05) is 6.92 Å². The van der Waals surface area contributed by atoms with Crippen LogP contribution in [0, 0.1) is 0 Å². The highest BCUT2D eigenvalue weighted by Gasteiger charge is 2.34. The molecule has 3 nitrogen and oxygen atoms in total. The molecule has 0 atom stereocenters. The predicted octanol–water partition coefficient (Wildman–Crippen LogP) is 3.82. The van der Waals surface area contributed by atoms with Crippen LogP contribution in [-0.2, 0) is 10.0 Å². The molecule has 100 valence electrons. The third-order valence-corrected chi connectivity index (χ3v) is 6.38. The summed E-state index contributed by atoms with van der Waals surface area (Å²) < 4.78 is 29.0. The highest BCUT2D eigenvalue weighted by Crippen LogP contribution is 2.32. The quantitative estimate of drug-likeness (QED) is 0.843. The smallest absolute Gasteiger partial charge is 0.207 e. The van der Waals surface area contributed by atoms with Crippen LogP contribution in [0.25, 0.3) is 0 Å². The van der Waals surface area contributed by atoms with Crippen LogP contribution in [0.15, 0.2) is 32.0 Å². The van der Waals surface area contributed by atoms with E-state index in [0.29, 0.717) is 9.37 Å². The van der Waals surface area contributed by atoms with Crippen molar-refractivity contribution in [2.45, 2.75) is 43.0 Å². The van der Waals surface area contributed by atoms with Crippen molar-refractivity contribution in [3.63, 3.8) is 0 Å². The van der Waals surface area contributed by atoms with Crippen LogP contribution < -0.4 is 4.72 Å². The minimum atomic E-state index is -3.47. The maximum Gasteiger partial charge on any atom is 0.242 e. The van der Waals surface area contributed by atoms with Gasteiger partial charge in [0.2, 0.25) is 10.0 Å². The van der Waals surface area contributed by atoms with Crippen molar-refractivity contribution in [1.82, 2.24) is 4.72 Å². The third kappa shape index (κ3) is 3.15. The van der Waals surface area contributed by atoms with Crippen LogP contribution in [-0.4, -0.2) is 14.0 Å². The Hall–Kier alpha value is 0.0900. The Morgan fingerprint density at radius 3 is 2.39 bits per heavy atom. The summed E-state index contributed by atoms with van der Waals surface area (Å²) in [6.07, 6.45) is 3.97. The predicted molar refractivity (Wildman–Crippen MR) is 79.0 cm³/mol. The van der Waals surface area contributed by atoms with Gasteiger partial charge in [0.1, 0.15) is 0 Å². The normalized spacial score (nSPS) is 19.1. The monoisotopic (exact) mass is 395 g/mol. The van der Waals surface area contributed by atoms with Gasteiger partial charge in [0.05, 0.1) is 4.90 Å². The van der Waals surface area contributed by atoms with Gasteiger partial charge in [-0.15, -0.1) is 0 Å². The molecule has 1 N–H and O–H groups in total. The second kappa shape index (κ2) is 5.23. The van der Waals surface area contributed by atoms with Crippen LogP contribution in [0.1, 0.15) is 32.6 Å². The molecule has 0 heterocycles. The zero-order chi connectivity index (χ0) is 13.4. The molecule has 18 heavy (non-hydrogen) atoms. The fraction of sp³-hybridized carbons (Fsp3) is 0.500.